The molecule has 1 aliphatic rings. The minimum absolute atomic E-state index is 0.428. The van der Waals surface area contributed by atoms with Crippen molar-refractivity contribution in [3.63, 3.8) is 0 Å². The number of rotatable bonds is 7. The lowest BCUT2D eigenvalue weighted by molar-refractivity contribution is 0.126. The quantitative estimate of drug-likeness (QED) is 0.721. The second-order valence-electron chi connectivity index (χ2n) is 5.50. The summed E-state index contributed by atoms with van der Waals surface area (Å²) in [5, 5.41) is 0. The summed E-state index contributed by atoms with van der Waals surface area (Å²) in [6.07, 6.45) is 3.83. The van der Waals surface area contributed by atoms with E-state index in [4.69, 9.17) is 10.5 Å². The highest BCUT2D eigenvalue weighted by Gasteiger charge is 2.25. The zero-order valence-electron chi connectivity index (χ0n) is 11.1. The number of hydrogen-bond acceptors (Lipinski definition) is 3. The fraction of sp³-hybridized carbons (Fsp3) is 1.00. The highest BCUT2D eigenvalue weighted by atomic mass is 16.5. The van der Waals surface area contributed by atoms with Gasteiger partial charge in [0.05, 0.1) is 6.61 Å². The molecule has 1 rings (SSSR count). The minimum atomic E-state index is 0.428. The first kappa shape index (κ1) is 13.9. The lowest BCUT2D eigenvalue weighted by Gasteiger charge is -2.28. The minimum Gasteiger partial charge on any atom is -0.383 e. The molecule has 16 heavy (non-hydrogen) atoms. The monoisotopic (exact) mass is 228 g/mol. The average molecular weight is 228 g/mol. The van der Waals surface area contributed by atoms with Gasteiger partial charge in [-0.05, 0) is 24.7 Å². The zero-order valence-corrected chi connectivity index (χ0v) is 11.1. The summed E-state index contributed by atoms with van der Waals surface area (Å²) in [5.74, 6) is 1.42. The predicted octanol–water partition coefficient (Wildman–Crippen LogP) is 1.72. The Labute approximate surface area is 100 Å². The summed E-state index contributed by atoms with van der Waals surface area (Å²) in [6.45, 7) is 8.73. The maximum absolute atomic E-state index is 6.13. The number of ether oxygens (including phenoxy) is 1. The molecule has 0 saturated heterocycles. The summed E-state index contributed by atoms with van der Waals surface area (Å²) < 4.78 is 5.17. The summed E-state index contributed by atoms with van der Waals surface area (Å²) in [7, 11) is 1.77. The van der Waals surface area contributed by atoms with Crippen LogP contribution >= 0.6 is 0 Å². The van der Waals surface area contributed by atoms with E-state index in [0.29, 0.717) is 12.0 Å². The third-order valence-corrected chi connectivity index (χ3v) is 3.45. The van der Waals surface area contributed by atoms with Crippen molar-refractivity contribution in [3.05, 3.63) is 0 Å². The smallest absolute Gasteiger partial charge is 0.0589 e. The Balaban J connectivity index is 2.35. The molecule has 0 aromatic heterocycles. The molecule has 2 atom stereocenters. The lowest BCUT2D eigenvalue weighted by Crippen LogP contribution is -2.39. The van der Waals surface area contributed by atoms with Crippen molar-refractivity contribution >= 4 is 0 Å². The van der Waals surface area contributed by atoms with Crippen molar-refractivity contribution in [2.75, 3.05) is 33.4 Å². The topological polar surface area (TPSA) is 38.5 Å². The van der Waals surface area contributed by atoms with Crippen LogP contribution in [0.3, 0.4) is 0 Å². The van der Waals surface area contributed by atoms with Crippen LogP contribution in [0.25, 0.3) is 0 Å². The van der Waals surface area contributed by atoms with Gasteiger partial charge in [0.25, 0.3) is 0 Å². The highest BCUT2D eigenvalue weighted by molar-refractivity contribution is 4.82. The van der Waals surface area contributed by atoms with Gasteiger partial charge < -0.3 is 15.4 Å². The molecule has 0 aliphatic heterocycles. The van der Waals surface area contributed by atoms with E-state index in [2.05, 4.69) is 18.7 Å². The van der Waals surface area contributed by atoms with Gasteiger partial charge in [0.2, 0.25) is 0 Å². The van der Waals surface area contributed by atoms with Crippen LogP contribution in [0.5, 0.6) is 0 Å². The van der Waals surface area contributed by atoms with Gasteiger partial charge in [-0.3, -0.25) is 0 Å². The highest BCUT2D eigenvalue weighted by Crippen LogP contribution is 2.24. The molecule has 2 unspecified atom stereocenters. The fourth-order valence-corrected chi connectivity index (χ4v) is 2.62. The van der Waals surface area contributed by atoms with Crippen molar-refractivity contribution in [1.29, 1.82) is 0 Å². The molecule has 96 valence electrons. The zero-order chi connectivity index (χ0) is 12.0. The molecule has 0 bridgehead atoms. The first-order chi connectivity index (χ1) is 7.63. The summed E-state index contributed by atoms with van der Waals surface area (Å²) in [4.78, 5) is 2.52. The van der Waals surface area contributed by atoms with Crippen LogP contribution in [-0.4, -0.2) is 44.3 Å². The van der Waals surface area contributed by atoms with E-state index in [-0.39, 0.29) is 0 Å². The van der Waals surface area contributed by atoms with Crippen molar-refractivity contribution in [2.45, 2.75) is 39.2 Å². The number of nitrogens with zero attached hydrogens (tertiary/aromatic N) is 1. The van der Waals surface area contributed by atoms with E-state index in [1.807, 2.05) is 0 Å². The van der Waals surface area contributed by atoms with Crippen molar-refractivity contribution in [2.24, 2.45) is 17.6 Å². The predicted molar refractivity (Wildman–Crippen MR) is 68.5 cm³/mol. The molecule has 2 N–H and O–H groups in total. The molecule has 3 nitrogen and oxygen atoms in total. The first-order valence-electron chi connectivity index (χ1n) is 6.60. The van der Waals surface area contributed by atoms with Crippen LogP contribution in [0.4, 0.5) is 0 Å². The molecule has 0 aromatic carbocycles. The SMILES string of the molecule is COCCN(CC(C)C)CC1CCCC1N. The molecule has 1 fully saturated rings. The first-order valence-corrected chi connectivity index (χ1v) is 6.60. The molecular weight excluding hydrogens is 200 g/mol. The molecule has 0 radical (unpaired) electrons. The van der Waals surface area contributed by atoms with Crippen LogP contribution in [0.1, 0.15) is 33.1 Å². The summed E-state index contributed by atoms with van der Waals surface area (Å²) in [5.41, 5.74) is 6.13. The van der Waals surface area contributed by atoms with Gasteiger partial charge >= 0.3 is 0 Å². The Bertz CT molecular complexity index is 185. The lowest BCUT2D eigenvalue weighted by atomic mass is 10.0. The number of hydrogen-bond donors (Lipinski definition) is 1. The average Bonchev–Trinajstić information content (AvgIpc) is 2.60. The van der Waals surface area contributed by atoms with Crippen LogP contribution in [0.15, 0.2) is 0 Å². The summed E-state index contributed by atoms with van der Waals surface area (Å²) >= 11 is 0. The third-order valence-electron chi connectivity index (χ3n) is 3.45. The van der Waals surface area contributed by atoms with Gasteiger partial charge in [-0.2, -0.15) is 0 Å². The van der Waals surface area contributed by atoms with E-state index >= 15 is 0 Å². The van der Waals surface area contributed by atoms with Crippen molar-refractivity contribution in [3.8, 4) is 0 Å². The van der Waals surface area contributed by atoms with E-state index in [1.165, 1.54) is 19.3 Å². The standard InChI is InChI=1S/C13H28N2O/c1-11(2)9-15(7-8-16-3)10-12-5-4-6-13(12)14/h11-13H,4-10,14H2,1-3H3. The van der Waals surface area contributed by atoms with E-state index in [1.54, 1.807) is 7.11 Å². The Morgan fingerprint density at radius 2 is 2.12 bits per heavy atom. The molecule has 1 saturated carbocycles. The largest absolute Gasteiger partial charge is 0.383 e. The van der Waals surface area contributed by atoms with E-state index in [9.17, 15) is 0 Å². The Morgan fingerprint density at radius 1 is 1.38 bits per heavy atom. The molecule has 0 spiro atoms. The third kappa shape index (κ3) is 4.81. The molecule has 0 aromatic rings. The molecule has 0 amide bonds. The van der Waals surface area contributed by atoms with Crippen molar-refractivity contribution in [1.82, 2.24) is 4.90 Å². The van der Waals surface area contributed by atoms with Gasteiger partial charge in [-0.25, -0.2) is 0 Å². The Morgan fingerprint density at radius 3 is 2.62 bits per heavy atom. The fourth-order valence-electron chi connectivity index (χ4n) is 2.62. The number of nitrogens with two attached hydrogens (primary N) is 1. The normalized spacial score (nSPS) is 25.9. The van der Waals surface area contributed by atoms with E-state index < -0.39 is 0 Å². The molecule has 0 heterocycles. The van der Waals surface area contributed by atoms with E-state index in [0.717, 1.165) is 32.2 Å². The van der Waals surface area contributed by atoms with Crippen LogP contribution in [-0.2, 0) is 4.74 Å². The van der Waals surface area contributed by atoms with Gasteiger partial charge in [0.1, 0.15) is 0 Å². The maximum Gasteiger partial charge on any atom is 0.0589 e. The second-order valence-corrected chi connectivity index (χ2v) is 5.50. The van der Waals surface area contributed by atoms with Crippen LogP contribution < -0.4 is 5.73 Å². The summed E-state index contributed by atoms with van der Waals surface area (Å²) in [6, 6.07) is 0.428. The number of methoxy groups -OCH3 is 1. The molecule has 3 heteroatoms. The van der Waals surface area contributed by atoms with Gasteiger partial charge in [-0.15, -0.1) is 0 Å². The van der Waals surface area contributed by atoms with Gasteiger partial charge in [0.15, 0.2) is 0 Å². The van der Waals surface area contributed by atoms with Gasteiger partial charge in [0, 0.05) is 32.8 Å². The maximum atomic E-state index is 6.13. The molecule has 1 aliphatic carbocycles. The van der Waals surface area contributed by atoms with Crippen molar-refractivity contribution < 1.29 is 4.74 Å². The van der Waals surface area contributed by atoms with Crippen LogP contribution in [0.2, 0.25) is 0 Å². The molecular formula is C13H28N2O. The van der Waals surface area contributed by atoms with Gasteiger partial charge in [-0.1, -0.05) is 20.3 Å². The Kier molecular flexibility index (Phi) is 6.32. The Hall–Kier alpha value is -0.120. The second kappa shape index (κ2) is 7.25. The van der Waals surface area contributed by atoms with Crippen LogP contribution in [0, 0.1) is 11.8 Å².